The van der Waals surface area contributed by atoms with Crippen LogP contribution in [0.4, 0.5) is 5.69 Å². The van der Waals surface area contributed by atoms with Crippen LogP contribution in [-0.4, -0.2) is 21.3 Å². The van der Waals surface area contributed by atoms with Crippen LogP contribution in [0.5, 0.6) is 17.2 Å². The number of hydrogen-bond donors (Lipinski definition) is 1. The molecular formula is C16H19NO3. The Bertz CT molecular complexity index is 569. The quantitative estimate of drug-likeness (QED) is 0.876. The third-order valence-electron chi connectivity index (χ3n) is 3.04. The number of anilines is 1. The van der Waals surface area contributed by atoms with Crippen LogP contribution in [0.25, 0.3) is 0 Å². The molecule has 0 bridgehead atoms. The third-order valence-corrected chi connectivity index (χ3v) is 3.04. The summed E-state index contributed by atoms with van der Waals surface area (Å²) in [5.41, 5.74) is 2.03. The number of benzene rings is 2. The lowest BCUT2D eigenvalue weighted by Crippen LogP contribution is -2.03. The summed E-state index contributed by atoms with van der Waals surface area (Å²) < 4.78 is 15.9. The van der Waals surface area contributed by atoms with Gasteiger partial charge in [-0.05, 0) is 18.2 Å². The van der Waals surface area contributed by atoms with E-state index in [1.165, 1.54) is 0 Å². The molecule has 2 aromatic rings. The average Bonchev–Trinajstić information content (AvgIpc) is 2.52. The van der Waals surface area contributed by atoms with Crippen LogP contribution >= 0.6 is 0 Å². The molecule has 106 valence electrons. The molecule has 4 heteroatoms. The summed E-state index contributed by atoms with van der Waals surface area (Å²) in [4.78, 5) is 0. The fraction of sp³-hybridized carbons (Fsp3) is 0.250. The zero-order valence-electron chi connectivity index (χ0n) is 12.0. The number of rotatable bonds is 6. The Morgan fingerprint density at radius 2 is 1.70 bits per heavy atom. The van der Waals surface area contributed by atoms with Crippen LogP contribution in [0.2, 0.25) is 0 Å². The monoisotopic (exact) mass is 273 g/mol. The standard InChI is InChI=1S/C16H19NO3/c1-18-14-8-5-7-13(10-14)17-11-12-6-4-9-15(19-2)16(12)20-3/h4-10,17H,11H2,1-3H3. The van der Waals surface area contributed by atoms with Crippen molar-refractivity contribution in [1.82, 2.24) is 0 Å². The maximum atomic E-state index is 5.41. The molecule has 0 amide bonds. The molecule has 0 aliphatic rings. The van der Waals surface area contributed by atoms with Gasteiger partial charge in [0.25, 0.3) is 0 Å². The van der Waals surface area contributed by atoms with E-state index in [4.69, 9.17) is 14.2 Å². The lowest BCUT2D eigenvalue weighted by molar-refractivity contribution is 0.352. The molecule has 0 unspecified atom stereocenters. The molecule has 0 aromatic heterocycles. The van der Waals surface area contributed by atoms with Gasteiger partial charge in [0.2, 0.25) is 0 Å². The first-order valence-corrected chi connectivity index (χ1v) is 6.36. The summed E-state index contributed by atoms with van der Waals surface area (Å²) >= 11 is 0. The summed E-state index contributed by atoms with van der Waals surface area (Å²) in [6.07, 6.45) is 0. The smallest absolute Gasteiger partial charge is 0.165 e. The van der Waals surface area contributed by atoms with Crippen molar-refractivity contribution in [1.29, 1.82) is 0 Å². The molecule has 0 radical (unpaired) electrons. The second-order valence-electron chi connectivity index (χ2n) is 4.24. The highest BCUT2D eigenvalue weighted by Crippen LogP contribution is 2.31. The summed E-state index contributed by atoms with van der Waals surface area (Å²) in [7, 11) is 4.94. The molecule has 0 spiro atoms. The van der Waals surface area contributed by atoms with Gasteiger partial charge in [-0.3, -0.25) is 0 Å². The molecule has 2 aromatic carbocycles. The zero-order chi connectivity index (χ0) is 14.4. The summed E-state index contributed by atoms with van der Waals surface area (Å²) in [5.74, 6) is 2.32. The first-order chi connectivity index (χ1) is 9.78. The second kappa shape index (κ2) is 6.70. The van der Waals surface area contributed by atoms with Gasteiger partial charge in [-0.15, -0.1) is 0 Å². The van der Waals surface area contributed by atoms with Gasteiger partial charge >= 0.3 is 0 Å². The Labute approximate surface area is 119 Å². The normalized spacial score (nSPS) is 9.95. The topological polar surface area (TPSA) is 39.7 Å². The number of hydrogen-bond acceptors (Lipinski definition) is 4. The SMILES string of the molecule is COc1cccc(NCc2cccc(OC)c2OC)c1. The maximum Gasteiger partial charge on any atom is 0.165 e. The Morgan fingerprint density at radius 3 is 2.40 bits per heavy atom. The van der Waals surface area contributed by atoms with Gasteiger partial charge in [-0.1, -0.05) is 18.2 Å². The van der Waals surface area contributed by atoms with E-state index in [2.05, 4.69) is 5.32 Å². The molecule has 0 saturated heterocycles. The first kappa shape index (κ1) is 14.1. The lowest BCUT2D eigenvalue weighted by atomic mass is 10.1. The van der Waals surface area contributed by atoms with Crippen LogP contribution in [0.15, 0.2) is 42.5 Å². The molecule has 0 aliphatic carbocycles. The van der Waals surface area contributed by atoms with Crippen LogP contribution < -0.4 is 19.5 Å². The first-order valence-electron chi connectivity index (χ1n) is 6.36. The molecule has 2 rings (SSSR count). The van der Waals surface area contributed by atoms with Crippen LogP contribution in [-0.2, 0) is 6.54 Å². The highest BCUT2D eigenvalue weighted by molar-refractivity contribution is 5.51. The Morgan fingerprint density at radius 1 is 0.900 bits per heavy atom. The van der Waals surface area contributed by atoms with Crippen molar-refractivity contribution >= 4 is 5.69 Å². The molecule has 4 nitrogen and oxygen atoms in total. The lowest BCUT2D eigenvalue weighted by Gasteiger charge is -2.14. The van der Waals surface area contributed by atoms with Crippen LogP contribution in [0, 0.1) is 0 Å². The van der Waals surface area contributed by atoms with Gasteiger partial charge in [0.05, 0.1) is 21.3 Å². The van der Waals surface area contributed by atoms with Gasteiger partial charge in [0, 0.05) is 23.9 Å². The van der Waals surface area contributed by atoms with Crippen molar-refractivity contribution < 1.29 is 14.2 Å². The van der Waals surface area contributed by atoms with Gasteiger partial charge < -0.3 is 19.5 Å². The van der Waals surface area contributed by atoms with Crippen molar-refractivity contribution in [3.63, 3.8) is 0 Å². The van der Waals surface area contributed by atoms with E-state index in [1.807, 2.05) is 42.5 Å². The fourth-order valence-corrected chi connectivity index (χ4v) is 2.02. The molecule has 0 atom stereocenters. The van der Waals surface area contributed by atoms with Gasteiger partial charge in [-0.25, -0.2) is 0 Å². The van der Waals surface area contributed by atoms with E-state index in [0.717, 1.165) is 28.5 Å². The second-order valence-corrected chi connectivity index (χ2v) is 4.24. The van der Waals surface area contributed by atoms with Gasteiger partial charge in [0.1, 0.15) is 5.75 Å². The third kappa shape index (κ3) is 3.15. The van der Waals surface area contributed by atoms with Crippen LogP contribution in [0.1, 0.15) is 5.56 Å². The van der Waals surface area contributed by atoms with E-state index in [9.17, 15) is 0 Å². The van der Waals surface area contributed by atoms with Crippen molar-refractivity contribution in [2.24, 2.45) is 0 Å². The molecule has 0 fully saturated rings. The van der Waals surface area contributed by atoms with Crippen LogP contribution in [0.3, 0.4) is 0 Å². The number of para-hydroxylation sites is 1. The highest BCUT2D eigenvalue weighted by atomic mass is 16.5. The van der Waals surface area contributed by atoms with Gasteiger partial charge in [0.15, 0.2) is 11.5 Å². The minimum atomic E-state index is 0.646. The molecule has 0 saturated carbocycles. The number of nitrogens with one attached hydrogen (secondary N) is 1. The largest absolute Gasteiger partial charge is 0.497 e. The van der Waals surface area contributed by atoms with Gasteiger partial charge in [-0.2, -0.15) is 0 Å². The molecule has 0 aliphatic heterocycles. The van der Waals surface area contributed by atoms with Crippen molar-refractivity contribution in [2.75, 3.05) is 26.6 Å². The molecular weight excluding hydrogens is 254 g/mol. The average molecular weight is 273 g/mol. The Kier molecular flexibility index (Phi) is 4.71. The summed E-state index contributed by atoms with van der Waals surface area (Å²) in [6, 6.07) is 13.6. The summed E-state index contributed by atoms with van der Waals surface area (Å²) in [5, 5.41) is 3.35. The van der Waals surface area contributed by atoms with E-state index >= 15 is 0 Å². The predicted molar refractivity (Wildman–Crippen MR) is 79.9 cm³/mol. The van der Waals surface area contributed by atoms with Crippen molar-refractivity contribution in [2.45, 2.75) is 6.54 Å². The fourth-order valence-electron chi connectivity index (χ4n) is 2.02. The van der Waals surface area contributed by atoms with E-state index in [0.29, 0.717) is 6.54 Å². The minimum absolute atomic E-state index is 0.646. The van der Waals surface area contributed by atoms with E-state index < -0.39 is 0 Å². The number of ether oxygens (including phenoxy) is 3. The molecule has 1 N–H and O–H groups in total. The number of methoxy groups -OCH3 is 3. The zero-order valence-corrected chi connectivity index (χ0v) is 12.0. The minimum Gasteiger partial charge on any atom is -0.497 e. The van der Waals surface area contributed by atoms with Crippen molar-refractivity contribution in [3.05, 3.63) is 48.0 Å². The Hall–Kier alpha value is -2.36. The predicted octanol–water partition coefficient (Wildman–Crippen LogP) is 3.32. The van der Waals surface area contributed by atoms with E-state index in [1.54, 1.807) is 21.3 Å². The maximum absolute atomic E-state index is 5.41. The highest BCUT2D eigenvalue weighted by Gasteiger charge is 2.09. The molecule has 20 heavy (non-hydrogen) atoms. The van der Waals surface area contributed by atoms with E-state index in [-0.39, 0.29) is 0 Å². The summed E-state index contributed by atoms with van der Waals surface area (Å²) in [6.45, 7) is 0.646. The van der Waals surface area contributed by atoms with Crippen molar-refractivity contribution in [3.8, 4) is 17.2 Å². The molecule has 0 heterocycles. The Balaban J connectivity index is 2.14.